The Morgan fingerprint density at radius 2 is 1.71 bits per heavy atom. The maximum Gasteiger partial charge on any atom is 0.295 e. The number of rotatable bonds is 8. The first-order valence-corrected chi connectivity index (χ1v) is 10.7. The molecule has 6 heteroatoms. The maximum absolute atomic E-state index is 13.0. The summed E-state index contributed by atoms with van der Waals surface area (Å²) in [6.45, 7) is 5.72. The Morgan fingerprint density at radius 3 is 2.29 bits per heavy atom. The minimum absolute atomic E-state index is 0.129. The summed E-state index contributed by atoms with van der Waals surface area (Å²) in [7, 11) is 4.00. The van der Waals surface area contributed by atoms with Crippen molar-refractivity contribution in [3.8, 4) is 5.75 Å². The van der Waals surface area contributed by atoms with E-state index < -0.39 is 17.7 Å². The molecule has 0 spiro atoms. The van der Waals surface area contributed by atoms with Crippen molar-refractivity contribution in [3.05, 3.63) is 70.8 Å². The number of aliphatic hydroxyl groups excluding tert-OH is 1. The number of likely N-dealkylation sites (N-methyl/N-ethyl adjacent to an activating group) is 1. The van der Waals surface area contributed by atoms with Gasteiger partial charge in [0, 0.05) is 5.56 Å². The van der Waals surface area contributed by atoms with Crippen LogP contribution in [0.3, 0.4) is 0 Å². The van der Waals surface area contributed by atoms with Crippen LogP contribution in [-0.2, 0) is 9.59 Å². The van der Waals surface area contributed by atoms with Gasteiger partial charge in [-0.25, -0.2) is 0 Å². The number of ketones is 1. The van der Waals surface area contributed by atoms with E-state index in [1.165, 1.54) is 4.90 Å². The Kier molecular flexibility index (Phi) is 7.13. The lowest BCUT2D eigenvalue weighted by atomic mass is 9.95. The second-order valence-electron chi connectivity index (χ2n) is 8.23. The van der Waals surface area contributed by atoms with Gasteiger partial charge in [0.15, 0.2) is 0 Å². The number of nitrogens with one attached hydrogen (secondary N) is 1. The van der Waals surface area contributed by atoms with Crippen molar-refractivity contribution in [1.82, 2.24) is 4.90 Å². The normalized spacial score (nSPS) is 18.1. The van der Waals surface area contributed by atoms with Crippen molar-refractivity contribution in [1.29, 1.82) is 0 Å². The topological polar surface area (TPSA) is 71.3 Å². The van der Waals surface area contributed by atoms with Crippen LogP contribution in [0.5, 0.6) is 5.75 Å². The van der Waals surface area contributed by atoms with Gasteiger partial charge in [-0.15, -0.1) is 0 Å². The van der Waals surface area contributed by atoms with Crippen molar-refractivity contribution in [2.24, 2.45) is 0 Å². The van der Waals surface area contributed by atoms with Crippen LogP contribution in [0.4, 0.5) is 0 Å². The summed E-state index contributed by atoms with van der Waals surface area (Å²) in [6.07, 6.45) is 0.908. The molecule has 1 saturated heterocycles. The summed E-state index contributed by atoms with van der Waals surface area (Å²) in [5.41, 5.74) is 2.47. The van der Waals surface area contributed by atoms with E-state index >= 15 is 0 Å². The molecule has 2 aromatic carbocycles. The highest BCUT2D eigenvalue weighted by atomic mass is 16.5. The molecule has 1 aliphatic rings. The van der Waals surface area contributed by atoms with Gasteiger partial charge in [0.2, 0.25) is 0 Å². The van der Waals surface area contributed by atoms with E-state index in [9.17, 15) is 14.7 Å². The number of amides is 1. The van der Waals surface area contributed by atoms with Gasteiger partial charge in [-0.1, -0.05) is 48.9 Å². The number of nitrogens with zero attached hydrogens (tertiary/aromatic N) is 1. The van der Waals surface area contributed by atoms with Crippen LogP contribution in [0.25, 0.3) is 5.76 Å². The van der Waals surface area contributed by atoms with Crippen LogP contribution < -0.4 is 9.64 Å². The predicted octanol–water partition coefficient (Wildman–Crippen LogP) is 2.35. The van der Waals surface area contributed by atoms with Gasteiger partial charge in [0.25, 0.3) is 11.7 Å². The quantitative estimate of drug-likeness (QED) is 0.389. The molecular weight excluding hydrogens is 392 g/mol. The first-order valence-electron chi connectivity index (χ1n) is 10.7. The number of Topliss-reactive ketones (excluding diaryl/α,β-unsaturated/α-hetero) is 1. The first-order chi connectivity index (χ1) is 14.8. The lowest BCUT2D eigenvalue weighted by Gasteiger charge is -2.25. The van der Waals surface area contributed by atoms with Crippen LogP contribution in [0, 0.1) is 6.92 Å². The van der Waals surface area contributed by atoms with Gasteiger partial charge >= 0.3 is 0 Å². The minimum Gasteiger partial charge on any atom is -0.507 e. The molecule has 0 saturated carbocycles. The smallest absolute Gasteiger partial charge is 0.295 e. The molecule has 2 aromatic rings. The number of quaternary nitrogens is 1. The van der Waals surface area contributed by atoms with E-state index in [0.717, 1.165) is 23.3 Å². The van der Waals surface area contributed by atoms with Gasteiger partial charge in [0.05, 0.1) is 45.4 Å². The van der Waals surface area contributed by atoms with Crippen molar-refractivity contribution >= 4 is 17.4 Å². The Labute approximate surface area is 183 Å². The van der Waals surface area contributed by atoms with Gasteiger partial charge in [-0.05, 0) is 31.0 Å². The molecule has 0 aromatic heterocycles. The molecule has 6 nitrogen and oxygen atoms in total. The maximum atomic E-state index is 13.0. The van der Waals surface area contributed by atoms with Crippen LogP contribution in [0.2, 0.25) is 0 Å². The monoisotopic (exact) mass is 423 g/mol. The van der Waals surface area contributed by atoms with Gasteiger partial charge in [-0.3, -0.25) is 9.59 Å². The van der Waals surface area contributed by atoms with Crippen LogP contribution in [0.15, 0.2) is 54.1 Å². The molecule has 1 fully saturated rings. The molecule has 3 rings (SSSR count). The first kappa shape index (κ1) is 22.6. The number of aryl methyl sites for hydroxylation is 1. The number of carbonyl (C=O) groups excluding carboxylic acids is 2. The molecule has 31 heavy (non-hydrogen) atoms. The van der Waals surface area contributed by atoms with Crippen LogP contribution in [0.1, 0.15) is 36.1 Å². The molecule has 1 amide bonds. The molecular formula is C25H31N2O4+. The SMILES string of the molecule is CCCOc1ccc([C@H]2/C(=C(\O)c3ccc(C)cc3)C(=O)C(=O)N2CC[NH+](C)C)cc1. The Hall–Kier alpha value is -3.12. The average molecular weight is 424 g/mol. The average Bonchev–Trinajstić information content (AvgIpc) is 3.01. The minimum atomic E-state index is -0.650. The molecule has 0 unspecified atom stereocenters. The molecule has 0 aliphatic carbocycles. The van der Waals surface area contributed by atoms with Crippen LogP contribution >= 0.6 is 0 Å². The van der Waals surface area contributed by atoms with Crippen molar-refractivity contribution in [3.63, 3.8) is 0 Å². The lowest BCUT2D eigenvalue weighted by Crippen LogP contribution is -3.06. The Balaban J connectivity index is 2.06. The number of hydrogen-bond acceptors (Lipinski definition) is 4. The third-order valence-corrected chi connectivity index (χ3v) is 5.39. The molecule has 1 heterocycles. The summed E-state index contributed by atoms with van der Waals surface area (Å²) in [6, 6.07) is 14.0. The van der Waals surface area contributed by atoms with Gasteiger partial charge in [-0.2, -0.15) is 0 Å². The zero-order valence-corrected chi connectivity index (χ0v) is 18.6. The molecule has 1 aliphatic heterocycles. The highest BCUT2D eigenvalue weighted by Gasteiger charge is 2.46. The molecule has 164 valence electrons. The Morgan fingerprint density at radius 1 is 1.06 bits per heavy atom. The second kappa shape index (κ2) is 9.79. The summed E-state index contributed by atoms with van der Waals surface area (Å²) in [5.74, 6) is -0.637. The highest BCUT2D eigenvalue weighted by Crippen LogP contribution is 2.39. The number of likely N-dealkylation sites (tertiary alicyclic amines) is 1. The summed E-state index contributed by atoms with van der Waals surface area (Å²) < 4.78 is 5.66. The second-order valence-corrected chi connectivity index (χ2v) is 8.23. The number of benzene rings is 2. The predicted molar refractivity (Wildman–Crippen MR) is 120 cm³/mol. The van der Waals surface area contributed by atoms with Gasteiger partial charge < -0.3 is 19.6 Å². The van der Waals surface area contributed by atoms with E-state index in [2.05, 4.69) is 0 Å². The number of ether oxygens (including phenoxy) is 1. The third-order valence-electron chi connectivity index (χ3n) is 5.39. The zero-order valence-electron chi connectivity index (χ0n) is 18.6. The van der Waals surface area contributed by atoms with Gasteiger partial charge in [0.1, 0.15) is 11.5 Å². The fourth-order valence-corrected chi connectivity index (χ4v) is 3.63. The number of hydrogen-bond donors (Lipinski definition) is 2. The number of aliphatic hydroxyl groups is 1. The standard InChI is InChI=1S/C25H30N2O4/c1-5-16-31-20-12-10-18(11-13-20)22-21(23(28)19-8-6-17(2)7-9-19)24(29)25(30)27(22)15-14-26(3)4/h6-13,22,28H,5,14-16H2,1-4H3/p+1/b23-21+/t22-/m0/s1. The van der Waals surface area contributed by atoms with Crippen molar-refractivity contribution in [2.45, 2.75) is 26.3 Å². The fourth-order valence-electron chi connectivity index (χ4n) is 3.63. The summed E-state index contributed by atoms with van der Waals surface area (Å²) in [5, 5.41) is 11.0. The molecule has 1 atom stereocenters. The van der Waals surface area contributed by atoms with E-state index in [1.54, 1.807) is 17.0 Å². The largest absolute Gasteiger partial charge is 0.507 e. The van der Waals surface area contributed by atoms with Crippen LogP contribution in [-0.4, -0.2) is 55.5 Å². The van der Waals surface area contributed by atoms with E-state index in [1.807, 2.05) is 64.3 Å². The summed E-state index contributed by atoms with van der Waals surface area (Å²) in [4.78, 5) is 28.6. The lowest BCUT2D eigenvalue weighted by molar-refractivity contribution is -0.857. The number of carbonyl (C=O) groups is 2. The van der Waals surface area contributed by atoms with E-state index in [0.29, 0.717) is 25.3 Å². The zero-order chi connectivity index (χ0) is 22.5. The van der Waals surface area contributed by atoms with E-state index in [-0.39, 0.29) is 11.3 Å². The highest BCUT2D eigenvalue weighted by molar-refractivity contribution is 6.46. The van der Waals surface area contributed by atoms with E-state index in [4.69, 9.17) is 4.74 Å². The van der Waals surface area contributed by atoms with Crippen molar-refractivity contribution in [2.75, 3.05) is 33.8 Å². The molecule has 2 N–H and O–H groups in total. The van der Waals surface area contributed by atoms with Crippen molar-refractivity contribution < 1.29 is 24.3 Å². The Bertz CT molecular complexity index is 962. The summed E-state index contributed by atoms with van der Waals surface area (Å²) >= 11 is 0. The third kappa shape index (κ3) is 4.97. The molecule has 0 bridgehead atoms. The fraction of sp³-hybridized carbons (Fsp3) is 0.360. The molecule has 0 radical (unpaired) electrons.